The van der Waals surface area contributed by atoms with Crippen molar-refractivity contribution >= 4 is 6.29 Å². The lowest BCUT2D eigenvalue weighted by molar-refractivity contribution is -0.104. The molecule has 2 heteroatoms. The van der Waals surface area contributed by atoms with Crippen molar-refractivity contribution in [2.45, 2.75) is 26.8 Å². The fourth-order valence-electron chi connectivity index (χ4n) is 0.606. The second kappa shape index (κ2) is 4.13. The van der Waals surface area contributed by atoms with Gasteiger partial charge in [0.05, 0.1) is 0 Å². The van der Waals surface area contributed by atoms with Gasteiger partial charge in [0.1, 0.15) is 6.29 Å². The van der Waals surface area contributed by atoms with E-state index in [4.69, 9.17) is 0 Å². The maximum atomic E-state index is 9.88. The summed E-state index contributed by atoms with van der Waals surface area (Å²) in [6, 6.07) is 0.404. The normalized spacial score (nSPS) is 11.8. The molecule has 0 unspecified atom stereocenters. The lowest BCUT2D eigenvalue weighted by Gasteiger charge is -2.07. The molecule has 0 aromatic carbocycles. The van der Waals surface area contributed by atoms with Gasteiger partial charge in [-0.2, -0.15) is 0 Å². The van der Waals surface area contributed by atoms with Crippen LogP contribution in [-0.2, 0) is 4.79 Å². The molecule has 9 heavy (non-hydrogen) atoms. The average Bonchev–Trinajstić information content (AvgIpc) is 1.63. The molecule has 0 heterocycles. The molecule has 0 saturated carbocycles. The van der Waals surface area contributed by atoms with Crippen molar-refractivity contribution in [2.24, 2.45) is 0 Å². The van der Waals surface area contributed by atoms with Crippen LogP contribution in [-0.4, -0.2) is 12.3 Å². The molecule has 0 aromatic rings. The van der Waals surface area contributed by atoms with Crippen molar-refractivity contribution < 1.29 is 4.79 Å². The van der Waals surface area contributed by atoms with Crippen LogP contribution < -0.4 is 5.32 Å². The fraction of sp³-hybridized carbons (Fsp3) is 0.571. The lowest BCUT2D eigenvalue weighted by Crippen LogP contribution is -2.20. The summed E-state index contributed by atoms with van der Waals surface area (Å²) in [5.74, 6) is 0. The molecule has 0 aromatic heterocycles. The highest BCUT2D eigenvalue weighted by molar-refractivity contribution is 5.65. The molecule has 0 aliphatic rings. The van der Waals surface area contributed by atoms with E-state index in [1.54, 1.807) is 0 Å². The van der Waals surface area contributed by atoms with Gasteiger partial charge in [-0.05, 0) is 26.8 Å². The maximum Gasteiger partial charge on any atom is 0.144 e. The van der Waals surface area contributed by atoms with Crippen LogP contribution in [0.2, 0.25) is 0 Å². The molecule has 0 radical (unpaired) electrons. The topological polar surface area (TPSA) is 29.1 Å². The molecule has 0 fully saturated rings. The molecule has 0 amide bonds. The summed E-state index contributed by atoms with van der Waals surface area (Å²) in [7, 11) is 0. The van der Waals surface area contributed by atoms with Crippen LogP contribution >= 0.6 is 0 Å². The van der Waals surface area contributed by atoms with Crippen molar-refractivity contribution in [2.75, 3.05) is 0 Å². The van der Waals surface area contributed by atoms with E-state index in [-0.39, 0.29) is 0 Å². The Hall–Kier alpha value is -0.790. The Bertz CT molecular complexity index is 116. The van der Waals surface area contributed by atoms with Gasteiger partial charge in [-0.25, -0.2) is 0 Å². The number of allylic oxidation sites excluding steroid dienone is 2. The molecule has 0 rings (SSSR count). The van der Waals surface area contributed by atoms with Crippen molar-refractivity contribution in [1.29, 1.82) is 0 Å². The number of rotatable bonds is 3. The number of hydrogen-bond donors (Lipinski definition) is 1. The Morgan fingerprint density at radius 3 is 2.44 bits per heavy atom. The third-order valence-corrected chi connectivity index (χ3v) is 0.834. The van der Waals surface area contributed by atoms with E-state index in [9.17, 15) is 4.79 Å². The van der Waals surface area contributed by atoms with Crippen molar-refractivity contribution in [3.8, 4) is 0 Å². The molecule has 0 spiro atoms. The van der Waals surface area contributed by atoms with Crippen LogP contribution in [0.1, 0.15) is 20.8 Å². The van der Waals surface area contributed by atoms with E-state index in [0.29, 0.717) is 6.04 Å². The largest absolute Gasteiger partial charge is 0.386 e. The monoisotopic (exact) mass is 127 g/mol. The highest BCUT2D eigenvalue weighted by atomic mass is 16.1. The van der Waals surface area contributed by atoms with Crippen LogP contribution in [0.5, 0.6) is 0 Å². The Kier molecular flexibility index (Phi) is 3.76. The number of carbonyl (C=O) groups is 1. The smallest absolute Gasteiger partial charge is 0.144 e. The minimum absolute atomic E-state index is 0.404. The van der Waals surface area contributed by atoms with E-state index in [0.717, 1.165) is 12.0 Å². The molecule has 2 nitrogen and oxygen atoms in total. The molecule has 0 aliphatic heterocycles. The van der Waals surface area contributed by atoms with Gasteiger partial charge >= 0.3 is 0 Å². The van der Waals surface area contributed by atoms with Gasteiger partial charge in [-0.15, -0.1) is 0 Å². The summed E-state index contributed by atoms with van der Waals surface area (Å²) < 4.78 is 0. The molecular formula is C7H13NO. The molecule has 0 atom stereocenters. The van der Waals surface area contributed by atoms with E-state index >= 15 is 0 Å². The minimum Gasteiger partial charge on any atom is -0.386 e. The van der Waals surface area contributed by atoms with Crippen molar-refractivity contribution in [3.63, 3.8) is 0 Å². The third kappa shape index (κ3) is 5.07. The predicted octanol–water partition coefficient (Wildman–Crippen LogP) is 1.09. The van der Waals surface area contributed by atoms with Gasteiger partial charge in [0.2, 0.25) is 0 Å². The zero-order chi connectivity index (χ0) is 7.28. The predicted molar refractivity (Wildman–Crippen MR) is 38.1 cm³/mol. The molecule has 52 valence electrons. The summed E-state index contributed by atoms with van der Waals surface area (Å²) in [4.78, 5) is 9.88. The van der Waals surface area contributed by atoms with Crippen LogP contribution in [0.3, 0.4) is 0 Å². The Balaban J connectivity index is 3.61. The van der Waals surface area contributed by atoms with Crippen LogP contribution in [0.4, 0.5) is 0 Å². The van der Waals surface area contributed by atoms with E-state index in [1.165, 1.54) is 6.08 Å². The zero-order valence-electron chi connectivity index (χ0n) is 6.14. The highest BCUT2D eigenvalue weighted by Crippen LogP contribution is 1.86. The van der Waals surface area contributed by atoms with Gasteiger partial charge in [-0.3, -0.25) is 4.79 Å². The first-order valence-corrected chi connectivity index (χ1v) is 3.05. The quantitative estimate of drug-likeness (QED) is 0.454. The van der Waals surface area contributed by atoms with Gasteiger partial charge in [-0.1, -0.05) is 0 Å². The SMILES string of the molecule is CC(=CC=O)NC(C)C. The Morgan fingerprint density at radius 1 is 1.56 bits per heavy atom. The molecule has 0 saturated heterocycles. The van der Waals surface area contributed by atoms with Crippen LogP contribution in [0, 0.1) is 0 Å². The molecule has 0 bridgehead atoms. The zero-order valence-corrected chi connectivity index (χ0v) is 6.14. The van der Waals surface area contributed by atoms with Gasteiger partial charge < -0.3 is 5.32 Å². The summed E-state index contributed by atoms with van der Waals surface area (Å²) in [5, 5.41) is 3.07. The van der Waals surface area contributed by atoms with Gasteiger partial charge in [0, 0.05) is 11.7 Å². The van der Waals surface area contributed by atoms with Crippen molar-refractivity contribution in [3.05, 3.63) is 11.8 Å². The number of carbonyl (C=O) groups excluding carboxylic acids is 1. The highest BCUT2D eigenvalue weighted by Gasteiger charge is 1.89. The summed E-state index contributed by atoms with van der Waals surface area (Å²) in [6.07, 6.45) is 2.30. The number of aldehydes is 1. The Labute approximate surface area is 56.0 Å². The first-order chi connectivity index (χ1) is 4.16. The standard InChI is InChI=1S/C7H13NO/c1-6(2)8-7(3)4-5-9/h4-6,8H,1-3H3. The van der Waals surface area contributed by atoms with Gasteiger partial charge in [0.25, 0.3) is 0 Å². The second-order valence-corrected chi connectivity index (χ2v) is 2.28. The van der Waals surface area contributed by atoms with E-state index < -0.39 is 0 Å². The fourth-order valence-corrected chi connectivity index (χ4v) is 0.606. The average molecular weight is 127 g/mol. The maximum absolute atomic E-state index is 9.88. The van der Waals surface area contributed by atoms with Crippen LogP contribution in [0.15, 0.2) is 11.8 Å². The first-order valence-electron chi connectivity index (χ1n) is 3.05. The Morgan fingerprint density at radius 2 is 2.11 bits per heavy atom. The molecule has 1 N–H and O–H groups in total. The third-order valence-electron chi connectivity index (χ3n) is 0.834. The second-order valence-electron chi connectivity index (χ2n) is 2.28. The molecular weight excluding hydrogens is 114 g/mol. The summed E-state index contributed by atoms with van der Waals surface area (Å²) in [5.41, 5.74) is 0.917. The number of hydrogen-bond acceptors (Lipinski definition) is 2. The van der Waals surface area contributed by atoms with E-state index in [1.807, 2.05) is 20.8 Å². The van der Waals surface area contributed by atoms with Crippen molar-refractivity contribution in [1.82, 2.24) is 5.32 Å². The van der Waals surface area contributed by atoms with Gasteiger partial charge in [0.15, 0.2) is 0 Å². The minimum atomic E-state index is 0.404. The summed E-state index contributed by atoms with van der Waals surface area (Å²) >= 11 is 0. The van der Waals surface area contributed by atoms with E-state index in [2.05, 4.69) is 5.32 Å². The van der Waals surface area contributed by atoms with Crippen LogP contribution in [0.25, 0.3) is 0 Å². The number of nitrogens with one attached hydrogen (secondary N) is 1. The molecule has 0 aliphatic carbocycles. The lowest BCUT2D eigenvalue weighted by atomic mass is 10.3. The first kappa shape index (κ1) is 8.21. The summed E-state index contributed by atoms with van der Waals surface area (Å²) in [6.45, 7) is 5.93.